The molecule has 1 aliphatic heterocycles. The molecular formula is C27H33N3O. The first-order chi connectivity index (χ1) is 14.9. The molecule has 4 heteroatoms. The standard InChI is InChI=1S/C27H33N3O/c1-27(2,3)21-14-12-19(13-15-21)17-30-24-11-7-6-10-23(24)28-26(30)20-16-25(31)29(18-20)22-8-4-5-9-22/h6-7,10-15,20,22H,4-5,8-9,16-18H2,1-3H3. The Morgan fingerprint density at radius 2 is 1.71 bits per heavy atom. The summed E-state index contributed by atoms with van der Waals surface area (Å²) in [6.45, 7) is 8.34. The van der Waals surface area contributed by atoms with Crippen LogP contribution in [0.25, 0.3) is 11.0 Å². The lowest BCUT2D eigenvalue weighted by molar-refractivity contribution is -0.129. The van der Waals surface area contributed by atoms with Gasteiger partial charge in [0.1, 0.15) is 5.82 Å². The molecule has 2 fully saturated rings. The molecule has 0 spiro atoms. The van der Waals surface area contributed by atoms with Crippen molar-refractivity contribution >= 4 is 16.9 Å². The fraction of sp³-hybridized carbons (Fsp3) is 0.481. The van der Waals surface area contributed by atoms with Crippen LogP contribution in [-0.2, 0) is 16.8 Å². The third-order valence-corrected chi connectivity index (χ3v) is 7.13. The molecule has 1 unspecified atom stereocenters. The van der Waals surface area contributed by atoms with Crippen molar-refractivity contribution in [2.45, 2.75) is 76.8 Å². The van der Waals surface area contributed by atoms with Gasteiger partial charge in [-0.25, -0.2) is 4.98 Å². The lowest BCUT2D eigenvalue weighted by Gasteiger charge is -2.24. The highest BCUT2D eigenvalue weighted by atomic mass is 16.2. The predicted octanol–water partition coefficient (Wildman–Crippen LogP) is 5.64. The van der Waals surface area contributed by atoms with E-state index in [0.717, 1.165) is 42.8 Å². The number of rotatable bonds is 4. The summed E-state index contributed by atoms with van der Waals surface area (Å²) < 4.78 is 2.34. The minimum Gasteiger partial charge on any atom is -0.339 e. The molecule has 0 bridgehead atoms. The molecule has 1 saturated carbocycles. The molecular weight excluding hydrogens is 382 g/mol. The number of imidazole rings is 1. The molecule has 2 aromatic carbocycles. The molecule has 31 heavy (non-hydrogen) atoms. The Bertz CT molecular complexity index is 1080. The van der Waals surface area contributed by atoms with E-state index >= 15 is 0 Å². The van der Waals surface area contributed by atoms with Gasteiger partial charge in [0.2, 0.25) is 5.91 Å². The first-order valence-electron chi connectivity index (χ1n) is 11.7. The van der Waals surface area contributed by atoms with Gasteiger partial charge in [-0.2, -0.15) is 0 Å². The molecule has 1 aromatic heterocycles. The zero-order valence-corrected chi connectivity index (χ0v) is 19.0. The van der Waals surface area contributed by atoms with Crippen molar-refractivity contribution in [2.24, 2.45) is 0 Å². The van der Waals surface area contributed by atoms with Gasteiger partial charge >= 0.3 is 0 Å². The zero-order valence-electron chi connectivity index (χ0n) is 19.0. The Kier molecular flexibility index (Phi) is 5.11. The summed E-state index contributed by atoms with van der Waals surface area (Å²) in [6.07, 6.45) is 5.41. The van der Waals surface area contributed by atoms with Gasteiger partial charge in [-0.1, -0.05) is 70.0 Å². The van der Waals surface area contributed by atoms with E-state index in [1.165, 1.54) is 24.0 Å². The van der Waals surface area contributed by atoms with Crippen LogP contribution in [0.3, 0.4) is 0 Å². The highest BCUT2D eigenvalue weighted by Gasteiger charge is 2.38. The molecule has 1 amide bonds. The van der Waals surface area contributed by atoms with Gasteiger partial charge in [-0.15, -0.1) is 0 Å². The van der Waals surface area contributed by atoms with Crippen molar-refractivity contribution in [2.75, 3.05) is 6.54 Å². The number of aromatic nitrogens is 2. The van der Waals surface area contributed by atoms with E-state index in [0.29, 0.717) is 18.4 Å². The first kappa shape index (κ1) is 20.3. The average Bonchev–Trinajstić information content (AvgIpc) is 3.47. The van der Waals surface area contributed by atoms with Gasteiger partial charge < -0.3 is 9.47 Å². The number of carbonyl (C=O) groups excluding carboxylic acids is 1. The normalized spacial score (nSPS) is 20.3. The van der Waals surface area contributed by atoms with E-state index in [9.17, 15) is 4.79 Å². The van der Waals surface area contributed by atoms with E-state index in [1.807, 2.05) is 6.07 Å². The Labute approximate surface area is 185 Å². The molecule has 3 aromatic rings. The van der Waals surface area contributed by atoms with Crippen molar-refractivity contribution in [3.63, 3.8) is 0 Å². The summed E-state index contributed by atoms with van der Waals surface area (Å²) in [7, 11) is 0. The third kappa shape index (κ3) is 3.88. The minimum atomic E-state index is 0.152. The summed E-state index contributed by atoms with van der Waals surface area (Å²) in [5.74, 6) is 1.55. The van der Waals surface area contributed by atoms with Crippen LogP contribution in [0, 0.1) is 0 Å². The van der Waals surface area contributed by atoms with Crippen molar-refractivity contribution in [1.82, 2.24) is 14.5 Å². The smallest absolute Gasteiger partial charge is 0.223 e. The topological polar surface area (TPSA) is 38.1 Å². The maximum absolute atomic E-state index is 12.9. The maximum atomic E-state index is 12.9. The van der Waals surface area contributed by atoms with Gasteiger partial charge in [0, 0.05) is 31.5 Å². The number of carbonyl (C=O) groups is 1. The predicted molar refractivity (Wildman–Crippen MR) is 125 cm³/mol. The molecule has 2 heterocycles. The number of benzene rings is 2. The minimum absolute atomic E-state index is 0.152. The van der Waals surface area contributed by atoms with Crippen molar-refractivity contribution < 1.29 is 4.79 Å². The molecule has 162 valence electrons. The van der Waals surface area contributed by atoms with Crippen LogP contribution in [0.15, 0.2) is 48.5 Å². The lowest BCUT2D eigenvalue weighted by atomic mass is 9.87. The highest BCUT2D eigenvalue weighted by Crippen LogP contribution is 2.35. The monoisotopic (exact) mass is 415 g/mol. The van der Waals surface area contributed by atoms with Crippen molar-refractivity contribution in [3.05, 3.63) is 65.5 Å². The first-order valence-corrected chi connectivity index (χ1v) is 11.7. The molecule has 1 atom stereocenters. The number of likely N-dealkylation sites (tertiary alicyclic amines) is 1. The van der Waals surface area contributed by atoms with Crippen LogP contribution in [-0.4, -0.2) is 32.9 Å². The molecule has 0 radical (unpaired) electrons. The molecule has 1 saturated heterocycles. The third-order valence-electron chi connectivity index (χ3n) is 7.13. The summed E-state index contributed by atoms with van der Waals surface area (Å²) in [5, 5.41) is 0. The zero-order chi connectivity index (χ0) is 21.6. The van der Waals surface area contributed by atoms with Crippen molar-refractivity contribution in [3.8, 4) is 0 Å². The molecule has 2 aliphatic rings. The fourth-order valence-electron chi connectivity index (χ4n) is 5.34. The lowest BCUT2D eigenvalue weighted by Crippen LogP contribution is -2.34. The van der Waals surface area contributed by atoms with E-state index in [4.69, 9.17) is 4.98 Å². The van der Waals surface area contributed by atoms with Crippen LogP contribution < -0.4 is 0 Å². The second-order valence-electron chi connectivity index (χ2n) is 10.4. The van der Waals surface area contributed by atoms with E-state index in [1.54, 1.807) is 0 Å². The molecule has 1 aliphatic carbocycles. The fourth-order valence-corrected chi connectivity index (χ4v) is 5.34. The Morgan fingerprint density at radius 1 is 1.00 bits per heavy atom. The number of amides is 1. The van der Waals surface area contributed by atoms with Gasteiger partial charge in [-0.05, 0) is 41.5 Å². The van der Waals surface area contributed by atoms with Crippen LogP contribution >= 0.6 is 0 Å². The van der Waals surface area contributed by atoms with Crippen LogP contribution in [0.5, 0.6) is 0 Å². The second kappa shape index (κ2) is 7.81. The Hall–Kier alpha value is -2.62. The van der Waals surface area contributed by atoms with Gasteiger partial charge in [0.05, 0.1) is 11.0 Å². The van der Waals surface area contributed by atoms with Crippen LogP contribution in [0.2, 0.25) is 0 Å². The molecule has 4 nitrogen and oxygen atoms in total. The summed E-state index contributed by atoms with van der Waals surface area (Å²) >= 11 is 0. The quantitative estimate of drug-likeness (QED) is 0.553. The summed E-state index contributed by atoms with van der Waals surface area (Å²) in [4.78, 5) is 20.0. The van der Waals surface area contributed by atoms with Gasteiger partial charge in [-0.3, -0.25) is 4.79 Å². The van der Waals surface area contributed by atoms with Gasteiger partial charge in [0.25, 0.3) is 0 Å². The Morgan fingerprint density at radius 3 is 2.42 bits per heavy atom. The van der Waals surface area contributed by atoms with E-state index < -0.39 is 0 Å². The maximum Gasteiger partial charge on any atom is 0.223 e. The molecule has 0 N–H and O–H groups in total. The highest BCUT2D eigenvalue weighted by molar-refractivity contribution is 5.81. The largest absolute Gasteiger partial charge is 0.339 e. The average molecular weight is 416 g/mol. The second-order valence-corrected chi connectivity index (χ2v) is 10.4. The van der Waals surface area contributed by atoms with Gasteiger partial charge in [0.15, 0.2) is 0 Å². The van der Waals surface area contributed by atoms with E-state index in [2.05, 4.69) is 72.7 Å². The Balaban J connectivity index is 1.47. The van der Waals surface area contributed by atoms with Crippen LogP contribution in [0.4, 0.5) is 0 Å². The number of hydrogen-bond donors (Lipinski definition) is 0. The van der Waals surface area contributed by atoms with E-state index in [-0.39, 0.29) is 11.3 Å². The molecule has 5 rings (SSSR count). The summed E-state index contributed by atoms with van der Waals surface area (Å²) in [6, 6.07) is 17.8. The van der Waals surface area contributed by atoms with Crippen molar-refractivity contribution in [1.29, 1.82) is 0 Å². The SMILES string of the molecule is CC(C)(C)c1ccc(Cn2c(C3CC(=O)N(C4CCCC4)C3)nc3ccccc32)cc1. The van der Waals surface area contributed by atoms with Crippen LogP contribution in [0.1, 0.15) is 75.7 Å². The number of hydrogen-bond acceptors (Lipinski definition) is 2. The number of para-hydroxylation sites is 2. The summed E-state index contributed by atoms with van der Waals surface area (Å²) in [5.41, 5.74) is 4.95. The number of fused-ring (bicyclic) bond motifs is 1. The number of nitrogens with zero attached hydrogens (tertiary/aromatic N) is 3.